The Hall–Kier alpha value is -0.380. The van der Waals surface area contributed by atoms with Crippen LogP contribution in [0.5, 0.6) is 0 Å². The van der Waals surface area contributed by atoms with Gasteiger partial charge in [0.05, 0.1) is 0 Å². The number of carboxylic acid groups (broad SMARTS) is 1. The average Bonchev–Trinajstić information content (AvgIpc) is 2.05. The molecule has 1 amide bonds. The molecule has 0 aromatic heterocycles. The molecule has 1 saturated carbocycles. The first kappa shape index (κ1) is 9.71. The normalized spacial score (nSPS) is 29.8. The van der Waals surface area contributed by atoms with E-state index < -0.39 is 6.09 Å². The Morgan fingerprint density at radius 1 is 1.42 bits per heavy atom. The Morgan fingerprint density at radius 3 is 2.42 bits per heavy atom. The van der Waals surface area contributed by atoms with E-state index in [1.165, 1.54) is 0 Å². The average molecular weight is 189 g/mol. The standard InChI is InChI=1S/C8H15NO2S/c1-12-7-4-2-6(3-5-7)9-8(10)11/h6-7,9H,2-5H2,1H3,(H,10,11). The zero-order valence-electron chi connectivity index (χ0n) is 7.25. The van der Waals surface area contributed by atoms with Gasteiger partial charge in [-0.2, -0.15) is 11.8 Å². The van der Waals surface area contributed by atoms with Crippen LogP contribution < -0.4 is 5.32 Å². The van der Waals surface area contributed by atoms with Gasteiger partial charge in [-0.05, 0) is 31.9 Å². The van der Waals surface area contributed by atoms with Crippen LogP contribution >= 0.6 is 11.8 Å². The van der Waals surface area contributed by atoms with Crippen molar-refractivity contribution >= 4 is 17.9 Å². The van der Waals surface area contributed by atoms with Crippen LogP contribution in [0.1, 0.15) is 25.7 Å². The van der Waals surface area contributed by atoms with Crippen molar-refractivity contribution in [1.29, 1.82) is 0 Å². The number of carbonyl (C=O) groups is 1. The third-order valence-corrected chi connectivity index (χ3v) is 3.47. The van der Waals surface area contributed by atoms with Gasteiger partial charge in [-0.25, -0.2) is 4.79 Å². The first-order chi connectivity index (χ1) is 5.72. The van der Waals surface area contributed by atoms with Crippen LogP contribution in [0, 0.1) is 0 Å². The van der Waals surface area contributed by atoms with E-state index in [4.69, 9.17) is 5.11 Å². The lowest BCUT2D eigenvalue weighted by Gasteiger charge is -2.26. The van der Waals surface area contributed by atoms with Crippen LogP contribution in [0.3, 0.4) is 0 Å². The Labute approximate surface area is 76.9 Å². The van der Waals surface area contributed by atoms with E-state index in [1.807, 2.05) is 11.8 Å². The van der Waals surface area contributed by atoms with Gasteiger partial charge in [-0.15, -0.1) is 0 Å². The number of rotatable bonds is 2. The van der Waals surface area contributed by atoms with Gasteiger partial charge in [0.15, 0.2) is 0 Å². The van der Waals surface area contributed by atoms with Crippen molar-refractivity contribution in [2.24, 2.45) is 0 Å². The minimum absolute atomic E-state index is 0.200. The molecule has 1 aliphatic carbocycles. The third-order valence-electron chi connectivity index (χ3n) is 2.34. The molecule has 0 unspecified atom stereocenters. The smallest absolute Gasteiger partial charge is 0.404 e. The molecule has 0 heterocycles. The van der Waals surface area contributed by atoms with Gasteiger partial charge >= 0.3 is 6.09 Å². The fraction of sp³-hybridized carbons (Fsp3) is 0.875. The van der Waals surface area contributed by atoms with Gasteiger partial charge in [0, 0.05) is 11.3 Å². The lowest BCUT2D eigenvalue weighted by Crippen LogP contribution is -2.37. The van der Waals surface area contributed by atoms with Gasteiger partial charge in [0.2, 0.25) is 0 Å². The fourth-order valence-electron chi connectivity index (χ4n) is 1.62. The Bertz CT molecular complexity index is 155. The molecule has 1 fully saturated rings. The molecule has 3 nitrogen and oxygen atoms in total. The molecule has 0 aliphatic heterocycles. The lowest BCUT2D eigenvalue weighted by molar-refractivity contribution is 0.186. The molecule has 70 valence electrons. The van der Waals surface area contributed by atoms with Gasteiger partial charge in [-0.3, -0.25) is 0 Å². The second-order valence-corrected chi connectivity index (χ2v) is 4.30. The van der Waals surface area contributed by atoms with Crippen molar-refractivity contribution in [3.8, 4) is 0 Å². The number of amides is 1. The highest BCUT2D eigenvalue weighted by atomic mass is 32.2. The molecule has 2 N–H and O–H groups in total. The van der Waals surface area contributed by atoms with E-state index in [9.17, 15) is 4.79 Å². The number of nitrogens with one attached hydrogen (secondary N) is 1. The highest BCUT2D eigenvalue weighted by Gasteiger charge is 2.21. The highest BCUT2D eigenvalue weighted by molar-refractivity contribution is 7.99. The molecular weight excluding hydrogens is 174 g/mol. The number of hydrogen-bond acceptors (Lipinski definition) is 2. The highest BCUT2D eigenvalue weighted by Crippen LogP contribution is 2.26. The van der Waals surface area contributed by atoms with Crippen LogP contribution in [0.2, 0.25) is 0 Å². The first-order valence-electron chi connectivity index (χ1n) is 4.24. The van der Waals surface area contributed by atoms with Crippen molar-refractivity contribution in [2.75, 3.05) is 6.26 Å². The number of hydrogen-bond donors (Lipinski definition) is 2. The van der Waals surface area contributed by atoms with Crippen LogP contribution in [-0.4, -0.2) is 28.7 Å². The van der Waals surface area contributed by atoms with Crippen LogP contribution in [-0.2, 0) is 0 Å². The summed E-state index contributed by atoms with van der Waals surface area (Å²) in [5.41, 5.74) is 0. The predicted molar refractivity (Wildman–Crippen MR) is 50.7 cm³/mol. The molecule has 0 radical (unpaired) electrons. The summed E-state index contributed by atoms with van der Waals surface area (Å²) in [6.45, 7) is 0. The minimum Gasteiger partial charge on any atom is -0.465 e. The summed E-state index contributed by atoms with van der Waals surface area (Å²) in [5, 5.41) is 11.8. The number of thioether (sulfide) groups is 1. The summed E-state index contributed by atoms with van der Waals surface area (Å²) in [5.74, 6) is 0. The Kier molecular flexibility index (Phi) is 3.72. The molecule has 0 spiro atoms. The van der Waals surface area contributed by atoms with Crippen LogP contribution in [0.25, 0.3) is 0 Å². The predicted octanol–water partition coefficient (Wildman–Crippen LogP) is 1.93. The SMILES string of the molecule is CSC1CCC(NC(=O)O)CC1. The quantitative estimate of drug-likeness (QED) is 0.697. The first-order valence-corrected chi connectivity index (χ1v) is 5.53. The van der Waals surface area contributed by atoms with E-state index in [0.717, 1.165) is 30.9 Å². The van der Waals surface area contributed by atoms with E-state index >= 15 is 0 Å². The monoisotopic (exact) mass is 189 g/mol. The topological polar surface area (TPSA) is 49.3 Å². The summed E-state index contributed by atoms with van der Waals surface area (Å²) in [6, 6.07) is 0.200. The van der Waals surface area contributed by atoms with Crippen molar-refractivity contribution in [3.05, 3.63) is 0 Å². The minimum atomic E-state index is -0.886. The molecule has 0 bridgehead atoms. The van der Waals surface area contributed by atoms with Crippen molar-refractivity contribution in [3.63, 3.8) is 0 Å². The summed E-state index contributed by atoms with van der Waals surface area (Å²) in [4.78, 5) is 10.3. The van der Waals surface area contributed by atoms with E-state index in [2.05, 4.69) is 11.6 Å². The Balaban J connectivity index is 2.21. The maximum Gasteiger partial charge on any atom is 0.404 e. The molecule has 0 saturated heterocycles. The maximum atomic E-state index is 10.3. The fourth-order valence-corrected chi connectivity index (χ4v) is 2.36. The van der Waals surface area contributed by atoms with Gasteiger partial charge < -0.3 is 10.4 Å². The molecule has 1 rings (SSSR count). The summed E-state index contributed by atoms with van der Waals surface area (Å²) >= 11 is 1.89. The van der Waals surface area contributed by atoms with E-state index in [0.29, 0.717) is 0 Å². The molecular formula is C8H15NO2S. The largest absolute Gasteiger partial charge is 0.465 e. The van der Waals surface area contributed by atoms with Crippen LogP contribution in [0.15, 0.2) is 0 Å². The summed E-state index contributed by atoms with van der Waals surface area (Å²) < 4.78 is 0. The molecule has 0 aromatic rings. The summed E-state index contributed by atoms with van der Waals surface area (Å²) in [6.07, 6.45) is 5.52. The van der Waals surface area contributed by atoms with E-state index in [-0.39, 0.29) is 6.04 Å². The molecule has 1 aliphatic rings. The van der Waals surface area contributed by atoms with Crippen molar-refractivity contribution in [1.82, 2.24) is 5.32 Å². The molecule has 0 atom stereocenters. The van der Waals surface area contributed by atoms with Crippen molar-refractivity contribution < 1.29 is 9.90 Å². The molecule has 12 heavy (non-hydrogen) atoms. The maximum absolute atomic E-state index is 10.3. The van der Waals surface area contributed by atoms with E-state index in [1.54, 1.807) is 0 Å². The van der Waals surface area contributed by atoms with Gasteiger partial charge in [0.1, 0.15) is 0 Å². The zero-order valence-corrected chi connectivity index (χ0v) is 8.06. The summed E-state index contributed by atoms with van der Waals surface area (Å²) in [7, 11) is 0. The van der Waals surface area contributed by atoms with Crippen molar-refractivity contribution in [2.45, 2.75) is 37.0 Å². The molecule has 4 heteroatoms. The third kappa shape index (κ3) is 2.93. The Morgan fingerprint density at radius 2 is 2.00 bits per heavy atom. The second-order valence-electron chi connectivity index (χ2n) is 3.16. The molecule has 0 aromatic carbocycles. The van der Waals surface area contributed by atoms with Gasteiger partial charge in [-0.1, -0.05) is 0 Å². The van der Waals surface area contributed by atoms with Crippen LogP contribution in [0.4, 0.5) is 4.79 Å². The lowest BCUT2D eigenvalue weighted by atomic mass is 9.95. The zero-order chi connectivity index (χ0) is 8.97. The van der Waals surface area contributed by atoms with Gasteiger partial charge in [0.25, 0.3) is 0 Å². The second kappa shape index (κ2) is 4.60.